The highest BCUT2D eigenvalue weighted by Gasteiger charge is 2.30. The SMILES string of the molecule is CCCCCC/C=C\C=C/CCCCCCCC(=O)O[C@H](COC(=O)CCCCCCCCCCC(C)CC)COP(=O)(O)OC[C@H](O)COP(=O)(O)OC[C@@H](COC(=O)CCCCCCCCCCCCCCCCCCCCCC)OC(=O)CCCCCCCCCCCCCCCCCCCCCCCC. The largest absolute Gasteiger partial charge is 0.472 e. The molecule has 0 saturated heterocycles. The lowest BCUT2D eigenvalue weighted by molar-refractivity contribution is -0.161. The van der Waals surface area contributed by atoms with Crippen LogP contribution in [0.25, 0.3) is 0 Å². The molecule has 0 saturated carbocycles. The van der Waals surface area contributed by atoms with Crippen molar-refractivity contribution in [3.8, 4) is 0 Å². The zero-order valence-corrected chi connectivity index (χ0v) is 73.0. The first kappa shape index (κ1) is 107. The van der Waals surface area contributed by atoms with Crippen LogP contribution in [-0.4, -0.2) is 96.7 Å². The number of unbranched alkanes of at least 4 members (excludes halogenated alkanes) is 56. The molecule has 0 radical (unpaired) electrons. The summed E-state index contributed by atoms with van der Waals surface area (Å²) >= 11 is 0. The maximum absolute atomic E-state index is 13.2. The van der Waals surface area contributed by atoms with E-state index in [1.165, 1.54) is 276 Å². The van der Waals surface area contributed by atoms with Gasteiger partial charge in [-0.25, -0.2) is 9.13 Å². The zero-order valence-electron chi connectivity index (χ0n) is 71.2. The van der Waals surface area contributed by atoms with E-state index in [4.69, 9.17) is 37.0 Å². The number of aliphatic hydroxyl groups is 1. The molecule has 17 nitrogen and oxygen atoms in total. The molecule has 0 bridgehead atoms. The third-order valence-corrected chi connectivity index (χ3v) is 22.9. The summed E-state index contributed by atoms with van der Waals surface area (Å²) in [4.78, 5) is 73.3. The van der Waals surface area contributed by atoms with E-state index < -0.39 is 97.5 Å². The Hall–Kier alpha value is -2.46. The van der Waals surface area contributed by atoms with E-state index in [1.807, 2.05) is 0 Å². The normalized spacial score (nSPS) is 14.1. The molecular formula is C90H172O17P2. The van der Waals surface area contributed by atoms with Crippen molar-refractivity contribution < 1.29 is 80.2 Å². The third-order valence-electron chi connectivity index (χ3n) is 21.0. The molecule has 0 aromatic heterocycles. The molecule has 0 aliphatic heterocycles. The summed E-state index contributed by atoms with van der Waals surface area (Å²) in [5.41, 5.74) is 0. The molecule has 0 heterocycles. The molecule has 109 heavy (non-hydrogen) atoms. The van der Waals surface area contributed by atoms with E-state index in [-0.39, 0.29) is 25.7 Å². The fourth-order valence-electron chi connectivity index (χ4n) is 13.6. The van der Waals surface area contributed by atoms with Crippen molar-refractivity contribution in [3.63, 3.8) is 0 Å². The van der Waals surface area contributed by atoms with Crippen LogP contribution in [0.15, 0.2) is 24.3 Å². The molecule has 0 fully saturated rings. The second kappa shape index (κ2) is 82.1. The van der Waals surface area contributed by atoms with Crippen molar-refractivity contribution >= 4 is 39.5 Å². The number of carbonyl (C=O) groups excluding carboxylic acids is 4. The van der Waals surface area contributed by atoms with Gasteiger partial charge in [-0.15, -0.1) is 0 Å². The second-order valence-electron chi connectivity index (χ2n) is 31.9. The van der Waals surface area contributed by atoms with Crippen LogP contribution in [0.5, 0.6) is 0 Å². The average Bonchev–Trinajstić information content (AvgIpc) is 0.894. The molecule has 0 rings (SSSR count). The van der Waals surface area contributed by atoms with Crippen molar-refractivity contribution in [1.82, 2.24) is 0 Å². The van der Waals surface area contributed by atoms with Gasteiger partial charge in [0.2, 0.25) is 0 Å². The predicted octanol–water partition coefficient (Wildman–Crippen LogP) is 27.5. The van der Waals surface area contributed by atoms with E-state index in [9.17, 15) is 43.2 Å². The van der Waals surface area contributed by atoms with E-state index in [2.05, 4.69) is 58.9 Å². The van der Waals surface area contributed by atoms with Gasteiger partial charge in [0.15, 0.2) is 12.2 Å². The van der Waals surface area contributed by atoms with Crippen LogP contribution in [-0.2, 0) is 65.4 Å². The van der Waals surface area contributed by atoms with Crippen LogP contribution in [0.1, 0.15) is 465 Å². The lowest BCUT2D eigenvalue weighted by atomic mass is 9.99. The number of hydrogen-bond donors (Lipinski definition) is 3. The monoisotopic (exact) mass is 1590 g/mol. The molecular weight excluding hydrogens is 1410 g/mol. The molecule has 3 N–H and O–H groups in total. The molecule has 0 aliphatic carbocycles. The number of ether oxygens (including phenoxy) is 4. The van der Waals surface area contributed by atoms with Crippen LogP contribution >= 0.6 is 15.6 Å². The second-order valence-corrected chi connectivity index (χ2v) is 34.8. The topological polar surface area (TPSA) is 237 Å². The Balaban J connectivity index is 5.26. The van der Waals surface area contributed by atoms with Crippen molar-refractivity contribution in [2.45, 2.75) is 483 Å². The van der Waals surface area contributed by atoms with Gasteiger partial charge in [0.1, 0.15) is 19.3 Å². The van der Waals surface area contributed by atoms with E-state index in [1.54, 1.807) is 0 Å². The Morgan fingerprint density at radius 1 is 0.294 bits per heavy atom. The van der Waals surface area contributed by atoms with Crippen molar-refractivity contribution in [2.75, 3.05) is 39.6 Å². The summed E-state index contributed by atoms with van der Waals surface area (Å²) in [6.45, 7) is 7.31. The smallest absolute Gasteiger partial charge is 0.462 e. The molecule has 3 unspecified atom stereocenters. The average molecular weight is 1590 g/mol. The van der Waals surface area contributed by atoms with Gasteiger partial charge in [0.25, 0.3) is 0 Å². The van der Waals surface area contributed by atoms with Crippen LogP contribution in [0.4, 0.5) is 0 Å². The molecule has 6 atom stereocenters. The number of allylic oxidation sites excluding steroid dienone is 4. The Morgan fingerprint density at radius 2 is 0.514 bits per heavy atom. The molecule has 644 valence electrons. The highest BCUT2D eigenvalue weighted by molar-refractivity contribution is 7.47. The number of phosphoric acid groups is 2. The van der Waals surface area contributed by atoms with E-state index in [0.717, 1.165) is 109 Å². The minimum Gasteiger partial charge on any atom is -0.462 e. The van der Waals surface area contributed by atoms with Gasteiger partial charge in [0, 0.05) is 25.7 Å². The van der Waals surface area contributed by atoms with Crippen molar-refractivity contribution in [1.29, 1.82) is 0 Å². The summed E-state index contributed by atoms with van der Waals surface area (Å²) in [5.74, 6) is -1.35. The van der Waals surface area contributed by atoms with Crippen LogP contribution < -0.4 is 0 Å². The van der Waals surface area contributed by atoms with Crippen molar-refractivity contribution in [3.05, 3.63) is 24.3 Å². The summed E-state index contributed by atoms with van der Waals surface area (Å²) in [7, 11) is -9.95. The maximum atomic E-state index is 13.2. The fraction of sp³-hybridized carbons (Fsp3) is 0.911. The Kier molecular flexibility index (Phi) is 80.2. The number of aliphatic hydroxyl groups excluding tert-OH is 1. The molecule has 0 spiro atoms. The Bertz CT molecular complexity index is 2160. The Morgan fingerprint density at radius 3 is 0.780 bits per heavy atom. The standard InChI is InChI=1S/C90H172O17P2/c1-6-10-13-16-19-22-25-28-31-33-35-37-38-40-42-45-48-51-54-61-66-71-76-89(94)106-85(79-100-87(92)73-68-63-58-52-49-46-44-41-39-36-34-32-29-26-23-20-17-14-11-7-2)81-104-108(96,97)102-77-84(91)78-103-109(98,99)105-82-86(80-101-88(93)74-69-64-59-56-55-57-62-67-72-83(5)9-4)107-90(95)75-70-65-60-53-50-47-43-30-27-24-21-18-15-12-8-3/h24,27,30,43,83-86,91H,6-23,25-26,28-29,31-42,44-82H2,1-5H3,(H,96,97)(H,98,99)/b27-24-,43-30-/t83?,84-,85-,86-/m1/s1. The predicted molar refractivity (Wildman–Crippen MR) is 451 cm³/mol. The third kappa shape index (κ3) is 81.9. The van der Waals surface area contributed by atoms with E-state index >= 15 is 0 Å². The number of esters is 4. The summed E-state index contributed by atoms with van der Waals surface area (Å²) in [6.07, 6.45) is 80.1. The number of rotatable bonds is 88. The van der Waals surface area contributed by atoms with E-state index in [0.29, 0.717) is 25.7 Å². The Labute approximate surface area is 669 Å². The molecule has 19 heteroatoms. The van der Waals surface area contributed by atoms with Gasteiger partial charge in [-0.1, -0.05) is 412 Å². The first-order chi connectivity index (χ1) is 53.1. The van der Waals surface area contributed by atoms with Gasteiger partial charge >= 0.3 is 39.5 Å². The summed E-state index contributed by atoms with van der Waals surface area (Å²) in [6, 6.07) is 0. The van der Waals surface area contributed by atoms with Crippen LogP contribution in [0.2, 0.25) is 0 Å². The summed E-state index contributed by atoms with van der Waals surface area (Å²) in [5, 5.41) is 10.7. The quantitative estimate of drug-likeness (QED) is 0.0169. The molecule has 0 aromatic rings. The minimum absolute atomic E-state index is 0.0852. The van der Waals surface area contributed by atoms with Crippen LogP contribution in [0.3, 0.4) is 0 Å². The number of hydrogen-bond acceptors (Lipinski definition) is 15. The zero-order chi connectivity index (χ0) is 79.7. The first-order valence-corrected chi connectivity index (χ1v) is 49.0. The maximum Gasteiger partial charge on any atom is 0.472 e. The molecule has 0 aliphatic rings. The van der Waals surface area contributed by atoms with Gasteiger partial charge < -0.3 is 33.8 Å². The minimum atomic E-state index is -4.97. The van der Waals surface area contributed by atoms with Crippen molar-refractivity contribution in [2.24, 2.45) is 5.92 Å². The first-order valence-electron chi connectivity index (χ1n) is 46.0. The van der Waals surface area contributed by atoms with Gasteiger partial charge in [-0.2, -0.15) is 0 Å². The van der Waals surface area contributed by atoms with Crippen LogP contribution in [0, 0.1) is 5.92 Å². The fourth-order valence-corrected chi connectivity index (χ4v) is 15.2. The summed E-state index contributed by atoms with van der Waals surface area (Å²) < 4.78 is 69.0. The highest BCUT2D eigenvalue weighted by Crippen LogP contribution is 2.45. The number of carbonyl (C=O) groups is 4. The van der Waals surface area contributed by atoms with Gasteiger partial charge in [0.05, 0.1) is 26.4 Å². The van der Waals surface area contributed by atoms with Gasteiger partial charge in [-0.3, -0.25) is 37.3 Å². The molecule has 0 amide bonds. The molecule has 0 aromatic carbocycles. The lowest BCUT2D eigenvalue weighted by Gasteiger charge is -2.21. The highest BCUT2D eigenvalue weighted by atomic mass is 31.2. The number of phosphoric ester groups is 2. The lowest BCUT2D eigenvalue weighted by Crippen LogP contribution is -2.30. The van der Waals surface area contributed by atoms with Gasteiger partial charge in [-0.05, 0) is 57.3 Å².